The van der Waals surface area contributed by atoms with Crippen molar-refractivity contribution in [3.8, 4) is 5.75 Å². The van der Waals surface area contributed by atoms with E-state index in [1.807, 2.05) is 24.3 Å². The van der Waals surface area contributed by atoms with Crippen molar-refractivity contribution in [1.82, 2.24) is 10.2 Å². The molecule has 0 aliphatic carbocycles. The summed E-state index contributed by atoms with van der Waals surface area (Å²) < 4.78 is 5.19. The van der Waals surface area contributed by atoms with Crippen LogP contribution >= 0.6 is 11.6 Å². The van der Waals surface area contributed by atoms with Crippen molar-refractivity contribution in [2.75, 3.05) is 51.3 Å². The number of halogens is 1. The Morgan fingerprint density at radius 1 is 1.17 bits per heavy atom. The van der Waals surface area contributed by atoms with Crippen LogP contribution in [-0.4, -0.2) is 62.1 Å². The van der Waals surface area contributed by atoms with Crippen LogP contribution in [0.1, 0.15) is 10.4 Å². The molecular formula is C20H23ClN4O4. The molecule has 1 aliphatic heterocycles. The van der Waals surface area contributed by atoms with Gasteiger partial charge in [-0.15, -0.1) is 0 Å². The minimum atomic E-state index is -0.580. The molecule has 29 heavy (non-hydrogen) atoms. The van der Waals surface area contributed by atoms with Crippen LogP contribution in [0.2, 0.25) is 5.02 Å². The SMILES string of the molecule is COc1ccc(N2CCN(CCNC(=O)c3cc(Cl)ccc3[N+](=O)[O-])CC2)cc1. The van der Waals surface area contributed by atoms with Crippen LogP contribution in [-0.2, 0) is 0 Å². The molecular weight excluding hydrogens is 396 g/mol. The number of carbonyl (C=O) groups is 1. The zero-order valence-corrected chi connectivity index (χ0v) is 16.9. The molecule has 1 amide bonds. The fraction of sp³-hybridized carbons (Fsp3) is 0.350. The Hall–Kier alpha value is -2.84. The van der Waals surface area contributed by atoms with Crippen LogP contribution < -0.4 is 15.0 Å². The number of hydrogen-bond acceptors (Lipinski definition) is 6. The van der Waals surface area contributed by atoms with E-state index in [-0.39, 0.29) is 16.3 Å². The molecule has 0 bridgehead atoms. The maximum Gasteiger partial charge on any atom is 0.282 e. The lowest BCUT2D eigenvalue weighted by atomic mass is 10.1. The molecule has 1 N–H and O–H groups in total. The highest BCUT2D eigenvalue weighted by Crippen LogP contribution is 2.23. The van der Waals surface area contributed by atoms with Crippen LogP contribution in [0.15, 0.2) is 42.5 Å². The number of ether oxygens (including phenoxy) is 1. The highest BCUT2D eigenvalue weighted by molar-refractivity contribution is 6.31. The molecule has 1 saturated heterocycles. The van der Waals surface area contributed by atoms with E-state index in [1.165, 1.54) is 18.2 Å². The monoisotopic (exact) mass is 418 g/mol. The van der Waals surface area contributed by atoms with Crippen LogP contribution in [0.4, 0.5) is 11.4 Å². The minimum absolute atomic E-state index is 0.0215. The number of piperazine rings is 1. The molecule has 3 rings (SSSR count). The largest absolute Gasteiger partial charge is 0.497 e. The lowest BCUT2D eigenvalue weighted by Crippen LogP contribution is -2.48. The third kappa shape index (κ3) is 5.36. The van der Waals surface area contributed by atoms with Crippen LogP contribution in [0.3, 0.4) is 0 Å². The van der Waals surface area contributed by atoms with Crippen molar-refractivity contribution >= 4 is 28.9 Å². The summed E-state index contributed by atoms with van der Waals surface area (Å²) in [4.78, 5) is 27.4. The van der Waals surface area contributed by atoms with Crippen molar-refractivity contribution in [3.63, 3.8) is 0 Å². The van der Waals surface area contributed by atoms with Gasteiger partial charge in [-0.25, -0.2) is 0 Å². The molecule has 2 aromatic carbocycles. The molecule has 0 saturated carbocycles. The van der Waals surface area contributed by atoms with Gasteiger partial charge in [-0.2, -0.15) is 0 Å². The van der Waals surface area contributed by atoms with Crippen LogP contribution in [0, 0.1) is 10.1 Å². The summed E-state index contributed by atoms with van der Waals surface area (Å²) >= 11 is 5.88. The van der Waals surface area contributed by atoms with Crippen LogP contribution in [0.25, 0.3) is 0 Å². The average Bonchev–Trinajstić information content (AvgIpc) is 2.74. The molecule has 1 fully saturated rings. The number of benzene rings is 2. The zero-order valence-electron chi connectivity index (χ0n) is 16.1. The van der Waals surface area contributed by atoms with Gasteiger partial charge >= 0.3 is 0 Å². The fourth-order valence-corrected chi connectivity index (χ4v) is 3.47. The maximum absolute atomic E-state index is 12.3. The van der Waals surface area contributed by atoms with E-state index >= 15 is 0 Å². The molecule has 1 heterocycles. The third-order valence-corrected chi connectivity index (χ3v) is 5.16. The Morgan fingerprint density at radius 2 is 1.86 bits per heavy atom. The first-order chi connectivity index (χ1) is 14.0. The normalized spacial score (nSPS) is 14.5. The lowest BCUT2D eigenvalue weighted by Gasteiger charge is -2.36. The van der Waals surface area contributed by atoms with E-state index < -0.39 is 10.8 Å². The van der Waals surface area contributed by atoms with Gasteiger partial charge in [0, 0.05) is 56.0 Å². The summed E-state index contributed by atoms with van der Waals surface area (Å²) in [6, 6.07) is 12.0. The lowest BCUT2D eigenvalue weighted by molar-refractivity contribution is -0.385. The number of methoxy groups -OCH3 is 1. The second-order valence-electron chi connectivity index (χ2n) is 6.70. The summed E-state index contributed by atoms with van der Waals surface area (Å²) in [5.41, 5.74) is 0.888. The Labute approximate surface area is 174 Å². The summed E-state index contributed by atoms with van der Waals surface area (Å²) in [5, 5.41) is 14.1. The number of nitro groups is 1. The van der Waals surface area contributed by atoms with Crippen molar-refractivity contribution in [3.05, 3.63) is 63.2 Å². The van der Waals surface area contributed by atoms with Crippen molar-refractivity contribution < 1.29 is 14.5 Å². The minimum Gasteiger partial charge on any atom is -0.497 e. The number of amides is 1. The molecule has 0 aromatic heterocycles. The van der Waals surface area contributed by atoms with E-state index in [0.717, 1.165) is 37.6 Å². The number of hydrogen-bond donors (Lipinski definition) is 1. The molecule has 2 aromatic rings. The zero-order chi connectivity index (χ0) is 20.8. The van der Waals surface area contributed by atoms with E-state index in [9.17, 15) is 14.9 Å². The fourth-order valence-electron chi connectivity index (χ4n) is 3.29. The number of nitrogens with zero attached hydrogens (tertiary/aromatic N) is 3. The third-order valence-electron chi connectivity index (χ3n) is 4.92. The van der Waals surface area contributed by atoms with Gasteiger partial charge in [0.1, 0.15) is 11.3 Å². The molecule has 154 valence electrons. The Kier molecular flexibility index (Phi) is 6.90. The first-order valence-corrected chi connectivity index (χ1v) is 9.69. The second kappa shape index (κ2) is 9.58. The summed E-state index contributed by atoms with van der Waals surface area (Å²) in [6.07, 6.45) is 0. The molecule has 8 nitrogen and oxygen atoms in total. The van der Waals surface area contributed by atoms with Crippen molar-refractivity contribution in [1.29, 1.82) is 0 Å². The molecule has 0 unspecified atom stereocenters. The van der Waals surface area contributed by atoms with Gasteiger partial charge in [0.05, 0.1) is 12.0 Å². The number of rotatable bonds is 7. The van der Waals surface area contributed by atoms with Crippen molar-refractivity contribution in [2.24, 2.45) is 0 Å². The standard InChI is InChI=1S/C20H23ClN4O4/c1-29-17-5-3-16(4-6-17)24-12-10-23(11-13-24)9-8-22-20(26)18-14-15(21)2-7-19(18)25(27)28/h2-7,14H,8-13H2,1H3,(H,22,26). The van der Waals surface area contributed by atoms with Gasteiger partial charge in [0.15, 0.2) is 0 Å². The summed E-state index contributed by atoms with van der Waals surface area (Å²) in [5.74, 6) is 0.346. The quantitative estimate of drug-likeness (QED) is 0.549. The number of anilines is 1. The Balaban J connectivity index is 1.47. The topological polar surface area (TPSA) is 88.0 Å². The summed E-state index contributed by atoms with van der Waals surface area (Å²) in [7, 11) is 1.65. The highest BCUT2D eigenvalue weighted by Gasteiger charge is 2.21. The molecule has 9 heteroatoms. The van der Waals surface area contributed by atoms with Gasteiger partial charge in [0.25, 0.3) is 11.6 Å². The van der Waals surface area contributed by atoms with Gasteiger partial charge in [-0.05, 0) is 36.4 Å². The van der Waals surface area contributed by atoms with E-state index in [4.69, 9.17) is 16.3 Å². The molecule has 1 aliphatic rings. The Bertz CT molecular complexity index is 867. The number of nitrogens with one attached hydrogen (secondary N) is 1. The van der Waals surface area contributed by atoms with Gasteiger partial charge in [-0.3, -0.25) is 19.8 Å². The maximum atomic E-state index is 12.3. The number of nitro benzene ring substituents is 1. The predicted octanol–water partition coefficient (Wildman–Crippen LogP) is 2.81. The second-order valence-corrected chi connectivity index (χ2v) is 7.14. The summed E-state index contributed by atoms with van der Waals surface area (Å²) in [6.45, 7) is 4.61. The predicted molar refractivity (Wildman–Crippen MR) is 112 cm³/mol. The van der Waals surface area contributed by atoms with Crippen molar-refractivity contribution in [2.45, 2.75) is 0 Å². The van der Waals surface area contributed by atoms with Gasteiger partial charge in [-0.1, -0.05) is 11.6 Å². The first kappa shape index (κ1) is 20.9. The van der Waals surface area contributed by atoms with Crippen LogP contribution in [0.5, 0.6) is 5.75 Å². The van der Waals surface area contributed by atoms with Gasteiger partial charge < -0.3 is 15.0 Å². The van der Waals surface area contributed by atoms with E-state index in [2.05, 4.69) is 15.1 Å². The Morgan fingerprint density at radius 3 is 2.48 bits per heavy atom. The molecule has 0 atom stereocenters. The smallest absolute Gasteiger partial charge is 0.282 e. The van der Waals surface area contributed by atoms with Gasteiger partial charge in [0.2, 0.25) is 0 Å². The highest BCUT2D eigenvalue weighted by atomic mass is 35.5. The first-order valence-electron chi connectivity index (χ1n) is 9.31. The molecule has 0 spiro atoms. The average molecular weight is 419 g/mol. The molecule has 0 radical (unpaired) electrons. The van der Waals surface area contributed by atoms with E-state index in [1.54, 1.807) is 7.11 Å². The number of carbonyl (C=O) groups excluding carboxylic acids is 1. The van der Waals surface area contributed by atoms with E-state index in [0.29, 0.717) is 13.1 Å².